The Morgan fingerprint density at radius 1 is 1.14 bits per heavy atom. The number of aliphatic carboxylic acids is 1. The third-order valence-corrected chi connectivity index (χ3v) is 6.41. The summed E-state index contributed by atoms with van der Waals surface area (Å²) in [5.41, 5.74) is -4.16. The van der Waals surface area contributed by atoms with Crippen molar-refractivity contribution in [1.82, 2.24) is 0 Å². The Balaban J connectivity index is 2.47. The van der Waals surface area contributed by atoms with Gasteiger partial charge in [0.25, 0.3) is 0 Å². The second kappa shape index (κ2) is 8.49. The van der Waals surface area contributed by atoms with Crippen molar-refractivity contribution in [2.45, 2.75) is 58.7 Å². The predicted octanol–water partition coefficient (Wildman–Crippen LogP) is 3.37. The number of aldehydes is 1. The molecule has 0 spiro atoms. The van der Waals surface area contributed by atoms with Gasteiger partial charge in [-0.25, -0.2) is 9.59 Å². The number of rotatable bonds is 6. The summed E-state index contributed by atoms with van der Waals surface area (Å²) in [6.45, 7) is 7.52. The topological polar surface area (TPSA) is 101 Å². The maximum atomic E-state index is 12.4. The number of carbonyl (C=O) groups excluding carboxylic acids is 2. The van der Waals surface area contributed by atoms with Crippen LogP contribution in [0.4, 0.5) is 0 Å². The SMILES string of the molecule is C/C=C/C=C/C=C/C(=O)O[C@H]1C=C(C=O)[C@](O)(C(=O)O)[C@@]2(C)CCCC(C)(C)[C@@H]12. The maximum Gasteiger partial charge on any atom is 0.341 e. The zero-order valence-corrected chi connectivity index (χ0v) is 17.4. The van der Waals surface area contributed by atoms with Crippen molar-refractivity contribution in [1.29, 1.82) is 0 Å². The average Bonchev–Trinajstić information content (AvgIpc) is 2.63. The molecule has 0 saturated heterocycles. The molecule has 2 aliphatic rings. The lowest BCUT2D eigenvalue weighted by Gasteiger charge is -2.59. The second-order valence-corrected chi connectivity index (χ2v) is 8.66. The van der Waals surface area contributed by atoms with Crippen LogP contribution in [0, 0.1) is 16.7 Å². The summed E-state index contributed by atoms with van der Waals surface area (Å²) in [6.07, 6.45) is 12.7. The van der Waals surface area contributed by atoms with Gasteiger partial charge in [0, 0.05) is 23.0 Å². The van der Waals surface area contributed by atoms with Crippen molar-refractivity contribution < 1.29 is 29.3 Å². The number of hydrogen-bond acceptors (Lipinski definition) is 5. The molecule has 1 fully saturated rings. The first-order valence-electron chi connectivity index (χ1n) is 9.84. The van der Waals surface area contributed by atoms with Gasteiger partial charge in [-0.2, -0.15) is 0 Å². The van der Waals surface area contributed by atoms with E-state index in [1.54, 1.807) is 25.2 Å². The van der Waals surface area contributed by atoms with E-state index in [0.29, 0.717) is 19.1 Å². The van der Waals surface area contributed by atoms with E-state index < -0.39 is 40.4 Å². The van der Waals surface area contributed by atoms with Crippen molar-refractivity contribution in [3.63, 3.8) is 0 Å². The number of esters is 1. The molecule has 0 unspecified atom stereocenters. The Kier molecular flexibility index (Phi) is 6.68. The Labute approximate surface area is 171 Å². The summed E-state index contributed by atoms with van der Waals surface area (Å²) in [5.74, 6) is -2.52. The van der Waals surface area contributed by atoms with Gasteiger partial charge in [0.1, 0.15) is 12.4 Å². The summed E-state index contributed by atoms with van der Waals surface area (Å²) in [4.78, 5) is 36.2. The Bertz CT molecular complexity index is 787. The highest BCUT2D eigenvalue weighted by atomic mass is 16.5. The summed E-state index contributed by atoms with van der Waals surface area (Å²) in [5, 5.41) is 21.0. The van der Waals surface area contributed by atoms with Gasteiger partial charge in [-0.3, -0.25) is 4.79 Å². The fourth-order valence-electron chi connectivity index (χ4n) is 5.16. The van der Waals surface area contributed by atoms with Crippen molar-refractivity contribution >= 4 is 18.2 Å². The van der Waals surface area contributed by atoms with Crippen LogP contribution in [0.5, 0.6) is 0 Å². The summed E-state index contributed by atoms with van der Waals surface area (Å²) >= 11 is 0. The molecule has 0 aromatic carbocycles. The van der Waals surface area contributed by atoms with Crippen LogP contribution < -0.4 is 0 Å². The smallest absolute Gasteiger partial charge is 0.341 e. The van der Waals surface area contributed by atoms with Crippen LogP contribution in [0.1, 0.15) is 47.0 Å². The average molecular weight is 402 g/mol. The van der Waals surface area contributed by atoms with Crippen molar-refractivity contribution in [3.05, 3.63) is 48.1 Å². The molecule has 0 radical (unpaired) electrons. The molecule has 2 N–H and O–H groups in total. The number of fused-ring (bicyclic) bond motifs is 1. The number of carboxylic acids is 1. The normalized spacial score (nSPS) is 34.2. The van der Waals surface area contributed by atoms with Gasteiger partial charge < -0.3 is 14.9 Å². The number of ether oxygens (including phenoxy) is 1. The maximum absolute atomic E-state index is 12.4. The summed E-state index contributed by atoms with van der Waals surface area (Å²) in [6, 6.07) is 0. The molecule has 6 heteroatoms. The van der Waals surface area contributed by atoms with Crippen LogP contribution >= 0.6 is 0 Å². The minimum absolute atomic E-state index is 0.267. The molecule has 6 nitrogen and oxygen atoms in total. The van der Waals surface area contributed by atoms with Crippen LogP contribution in [0.3, 0.4) is 0 Å². The van der Waals surface area contributed by atoms with Crippen LogP contribution in [-0.2, 0) is 19.1 Å². The Morgan fingerprint density at radius 3 is 2.38 bits per heavy atom. The predicted molar refractivity (Wildman–Crippen MR) is 109 cm³/mol. The van der Waals surface area contributed by atoms with E-state index >= 15 is 0 Å². The summed E-state index contributed by atoms with van der Waals surface area (Å²) in [7, 11) is 0. The van der Waals surface area contributed by atoms with Crippen molar-refractivity contribution in [2.24, 2.45) is 16.7 Å². The number of carbonyl (C=O) groups is 3. The van der Waals surface area contributed by atoms with Gasteiger partial charge in [0.15, 0.2) is 5.60 Å². The zero-order valence-electron chi connectivity index (χ0n) is 17.4. The molecule has 1 saturated carbocycles. The molecule has 4 atom stereocenters. The minimum Gasteiger partial charge on any atom is -0.479 e. The molecule has 0 aliphatic heterocycles. The third-order valence-electron chi connectivity index (χ3n) is 6.41. The second-order valence-electron chi connectivity index (χ2n) is 8.66. The molecule has 0 aromatic rings. The first-order chi connectivity index (χ1) is 13.5. The monoisotopic (exact) mass is 402 g/mol. The highest BCUT2D eigenvalue weighted by Crippen LogP contribution is 2.61. The molecule has 0 bridgehead atoms. The third kappa shape index (κ3) is 3.99. The minimum atomic E-state index is -2.33. The van der Waals surface area contributed by atoms with E-state index in [9.17, 15) is 24.6 Å². The van der Waals surface area contributed by atoms with E-state index in [-0.39, 0.29) is 5.57 Å². The highest BCUT2D eigenvalue weighted by molar-refractivity contribution is 5.94. The van der Waals surface area contributed by atoms with E-state index in [2.05, 4.69) is 0 Å². The number of allylic oxidation sites excluding steroid dienone is 5. The molecule has 0 heterocycles. The Hall–Kier alpha value is -2.47. The highest BCUT2D eigenvalue weighted by Gasteiger charge is 2.67. The number of hydrogen-bond donors (Lipinski definition) is 2. The molecule has 2 rings (SSSR count). The van der Waals surface area contributed by atoms with Crippen LogP contribution in [0.2, 0.25) is 0 Å². The van der Waals surface area contributed by atoms with E-state index in [1.807, 2.05) is 32.9 Å². The van der Waals surface area contributed by atoms with Gasteiger partial charge in [0.2, 0.25) is 0 Å². The molecule has 29 heavy (non-hydrogen) atoms. The number of aliphatic hydroxyl groups is 1. The summed E-state index contributed by atoms with van der Waals surface area (Å²) < 4.78 is 5.66. The van der Waals surface area contributed by atoms with Gasteiger partial charge >= 0.3 is 11.9 Å². The van der Waals surface area contributed by atoms with Crippen molar-refractivity contribution in [2.75, 3.05) is 0 Å². The van der Waals surface area contributed by atoms with Gasteiger partial charge in [0.05, 0.1) is 0 Å². The van der Waals surface area contributed by atoms with Gasteiger partial charge in [-0.15, -0.1) is 0 Å². The van der Waals surface area contributed by atoms with Crippen molar-refractivity contribution in [3.8, 4) is 0 Å². The fourth-order valence-corrected chi connectivity index (χ4v) is 5.16. The molecular formula is C23H30O6. The molecule has 2 aliphatic carbocycles. The van der Waals surface area contributed by atoms with E-state index in [4.69, 9.17) is 4.74 Å². The number of carboxylic acid groups (broad SMARTS) is 1. The molecular weight excluding hydrogens is 372 g/mol. The molecule has 0 aromatic heterocycles. The van der Waals surface area contributed by atoms with Crippen LogP contribution in [0.25, 0.3) is 0 Å². The first kappa shape index (κ1) is 22.8. The fraction of sp³-hybridized carbons (Fsp3) is 0.522. The van der Waals surface area contributed by atoms with Crippen LogP contribution in [0.15, 0.2) is 48.1 Å². The first-order valence-corrected chi connectivity index (χ1v) is 9.84. The lowest BCUT2D eigenvalue weighted by atomic mass is 9.46. The van der Waals surface area contributed by atoms with E-state index in [1.165, 1.54) is 12.2 Å². The molecule has 158 valence electrons. The lowest BCUT2D eigenvalue weighted by Crippen LogP contribution is -2.66. The molecule has 0 amide bonds. The van der Waals surface area contributed by atoms with Gasteiger partial charge in [-0.1, -0.05) is 57.6 Å². The Morgan fingerprint density at radius 2 is 1.79 bits per heavy atom. The van der Waals surface area contributed by atoms with Crippen LogP contribution in [-0.4, -0.2) is 40.1 Å². The lowest BCUT2D eigenvalue weighted by molar-refractivity contribution is -0.202. The van der Waals surface area contributed by atoms with Gasteiger partial charge in [-0.05, 0) is 31.3 Å². The van der Waals surface area contributed by atoms with E-state index in [0.717, 1.165) is 6.42 Å². The quantitative estimate of drug-likeness (QED) is 0.306. The zero-order chi connectivity index (χ0) is 21.9. The largest absolute Gasteiger partial charge is 0.479 e. The standard InChI is InChI=1S/C23H30O6/c1-5-6-7-8-9-11-18(25)29-17-14-16(15-24)23(28,20(26)27)22(4)13-10-12-21(2,3)19(17)22/h5-9,11,14-15,17,19,28H,10,12-13H2,1-4H3,(H,26,27)/b6-5+,8-7+,11-9+/t17-,19+,22-,23-/m0/s1.